The molecule has 0 radical (unpaired) electrons. The van der Waals surface area contributed by atoms with Crippen molar-refractivity contribution in [3.05, 3.63) is 0 Å². The molecule has 0 saturated heterocycles. The fourth-order valence-electron chi connectivity index (χ4n) is 0.707. The van der Waals surface area contributed by atoms with Crippen LogP contribution in [0, 0.1) is 0 Å². The molecule has 0 aromatic carbocycles. The normalized spacial score (nSPS) is 11.7. The van der Waals surface area contributed by atoms with Crippen LogP contribution >= 0.6 is 0 Å². The smallest absolute Gasteiger partial charge is 0.320 e. The van der Waals surface area contributed by atoms with Crippen LogP contribution in [0.25, 0.3) is 0 Å². The third-order valence-electron chi connectivity index (χ3n) is 1.47. The number of methoxy groups -OCH3 is 1. The van der Waals surface area contributed by atoms with Crippen molar-refractivity contribution in [3.63, 3.8) is 0 Å². The Balaban J connectivity index is 3.83. The largest absolute Gasteiger partial charge is 0.468 e. The van der Waals surface area contributed by atoms with Crippen molar-refractivity contribution in [2.45, 2.75) is 20.0 Å². The molecule has 7 heteroatoms. The van der Waals surface area contributed by atoms with Crippen molar-refractivity contribution >= 4 is 16.0 Å². The SMILES string of the molecule is COC(=O)CNS(=O)(=O)CCOC(C)C. The standard InChI is InChI=1S/C8H17NO5S/c1-7(2)14-4-5-15(11,12)9-6-8(10)13-3/h7,9H,4-6H2,1-3H3. The number of nitrogens with one attached hydrogen (secondary N) is 1. The molecular weight excluding hydrogens is 222 g/mol. The zero-order valence-corrected chi connectivity index (χ0v) is 9.96. The molecule has 0 unspecified atom stereocenters. The zero-order chi connectivity index (χ0) is 11.9. The Labute approximate surface area is 90.0 Å². The molecule has 0 aliphatic rings. The molecule has 0 aliphatic heterocycles. The van der Waals surface area contributed by atoms with Crippen LogP contribution in [0.15, 0.2) is 0 Å². The second-order valence-electron chi connectivity index (χ2n) is 3.14. The first-order valence-electron chi connectivity index (χ1n) is 4.53. The number of hydrogen-bond donors (Lipinski definition) is 1. The van der Waals surface area contributed by atoms with Gasteiger partial charge < -0.3 is 9.47 Å². The maximum atomic E-state index is 11.2. The van der Waals surface area contributed by atoms with E-state index in [-0.39, 0.29) is 25.0 Å². The zero-order valence-electron chi connectivity index (χ0n) is 9.15. The lowest BCUT2D eigenvalue weighted by Gasteiger charge is -2.08. The van der Waals surface area contributed by atoms with Crippen LogP contribution in [0.1, 0.15) is 13.8 Å². The minimum atomic E-state index is -3.46. The molecule has 0 spiro atoms. The molecule has 90 valence electrons. The summed E-state index contributed by atoms with van der Waals surface area (Å²) in [4.78, 5) is 10.7. The quantitative estimate of drug-likeness (QED) is 0.606. The van der Waals surface area contributed by atoms with Crippen LogP contribution in [0.4, 0.5) is 0 Å². The van der Waals surface area contributed by atoms with Gasteiger partial charge in [-0.05, 0) is 13.8 Å². The third-order valence-corrected chi connectivity index (χ3v) is 2.76. The number of carbonyl (C=O) groups excluding carboxylic acids is 1. The highest BCUT2D eigenvalue weighted by Gasteiger charge is 2.12. The monoisotopic (exact) mass is 239 g/mol. The van der Waals surface area contributed by atoms with E-state index in [1.807, 2.05) is 13.8 Å². The molecule has 0 rings (SSSR count). The average Bonchev–Trinajstić information content (AvgIpc) is 2.13. The molecule has 0 heterocycles. The van der Waals surface area contributed by atoms with Crippen molar-refractivity contribution < 1.29 is 22.7 Å². The van der Waals surface area contributed by atoms with Gasteiger partial charge in [0, 0.05) is 0 Å². The first-order chi connectivity index (χ1) is 6.87. The Morgan fingerprint density at radius 1 is 1.40 bits per heavy atom. The Morgan fingerprint density at radius 2 is 2.00 bits per heavy atom. The van der Waals surface area contributed by atoms with E-state index in [9.17, 15) is 13.2 Å². The molecule has 15 heavy (non-hydrogen) atoms. The summed E-state index contributed by atoms with van der Waals surface area (Å²) in [7, 11) is -2.27. The van der Waals surface area contributed by atoms with Crippen molar-refractivity contribution in [1.29, 1.82) is 0 Å². The van der Waals surface area contributed by atoms with E-state index in [4.69, 9.17) is 4.74 Å². The highest BCUT2D eigenvalue weighted by molar-refractivity contribution is 7.89. The number of esters is 1. The van der Waals surface area contributed by atoms with Gasteiger partial charge in [0.05, 0.1) is 25.6 Å². The summed E-state index contributed by atoms with van der Waals surface area (Å²) in [5.41, 5.74) is 0. The predicted molar refractivity (Wildman–Crippen MR) is 54.9 cm³/mol. The summed E-state index contributed by atoms with van der Waals surface area (Å²) >= 11 is 0. The van der Waals surface area contributed by atoms with E-state index >= 15 is 0 Å². The Hall–Kier alpha value is -0.660. The van der Waals surface area contributed by atoms with Crippen molar-refractivity contribution in [2.75, 3.05) is 26.0 Å². The predicted octanol–water partition coefficient (Wildman–Crippen LogP) is -0.496. The molecule has 0 aliphatic carbocycles. The average molecular weight is 239 g/mol. The lowest BCUT2D eigenvalue weighted by Crippen LogP contribution is -2.33. The van der Waals surface area contributed by atoms with Gasteiger partial charge in [-0.15, -0.1) is 0 Å². The molecule has 0 aromatic rings. The second kappa shape index (κ2) is 6.76. The van der Waals surface area contributed by atoms with Gasteiger partial charge in [0.2, 0.25) is 10.0 Å². The van der Waals surface area contributed by atoms with Crippen molar-refractivity contribution in [2.24, 2.45) is 0 Å². The van der Waals surface area contributed by atoms with Gasteiger partial charge in [0.15, 0.2) is 0 Å². The first-order valence-corrected chi connectivity index (χ1v) is 6.18. The van der Waals surface area contributed by atoms with Crippen LogP contribution in [0.2, 0.25) is 0 Å². The Morgan fingerprint density at radius 3 is 2.47 bits per heavy atom. The van der Waals surface area contributed by atoms with E-state index in [1.54, 1.807) is 0 Å². The summed E-state index contributed by atoms with van der Waals surface area (Å²) in [6.45, 7) is 3.39. The fourth-order valence-corrected chi connectivity index (χ4v) is 1.50. The Kier molecular flexibility index (Phi) is 6.46. The Bertz CT molecular complexity index is 285. The molecule has 0 bridgehead atoms. The van der Waals surface area contributed by atoms with Gasteiger partial charge in [0.25, 0.3) is 0 Å². The molecule has 0 saturated carbocycles. The van der Waals surface area contributed by atoms with Crippen LogP contribution in [-0.4, -0.2) is 46.5 Å². The van der Waals surface area contributed by atoms with Gasteiger partial charge in [-0.2, -0.15) is 0 Å². The highest BCUT2D eigenvalue weighted by atomic mass is 32.2. The highest BCUT2D eigenvalue weighted by Crippen LogP contribution is 1.90. The third kappa shape index (κ3) is 8.34. The van der Waals surface area contributed by atoms with Crippen LogP contribution in [0.5, 0.6) is 0 Å². The molecule has 6 nitrogen and oxygen atoms in total. The van der Waals surface area contributed by atoms with Gasteiger partial charge >= 0.3 is 5.97 Å². The second-order valence-corrected chi connectivity index (χ2v) is 5.06. The van der Waals surface area contributed by atoms with E-state index in [0.29, 0.717) is 0 Å². The van der Waals surface area contributed by atoms with Gasteiger partial charge in [0.1, 0.15) is 6.54 Å². The van der Waals surface area contributed by atoms with E-state index in [2.05, 4.69) is 9.46 Å². The van der Waals surface area contributed by atoms with Crippen molar-refractivity contribution in [3.8, 4) is 0 Å². The van der Waals surface area contributed by atoms with Crippen molar-refractivity contribution in [1.82, 2.24) is 4.72 Å². The number of rotatable bonds is 7. The molecule has 0 atom stereocenters. The molecule has 0 aromatic heterocycles. The maximum absolute atomic E-state index is 11.2. The fraction of sp³-hybridized carbons (Fsp3) is 0.875. The number of ether oxygens (including phenoxy) is 2. The summed E-state index contributed by atoms with van der Waals surface area (Å²) < 4.78 is 33.9. The minimum Gasteiger partial charge on any atom is -0.468 e. The summed E-state index contributed by atoms with van der Waals surface area (Å²) in [6, 6.07) is 0. The van der Waals surface area contributed by atoms with Crippen LogP contribution in [-0.2, 0) is 24.3 Å². The molecule has 0 fully saturated rings. The van der Waals surface area contributed by atoms with Gasteiger partial charge in [-0.3, -0.25) is 4.79 Å². The lowest BCUT2D eigenvalue weighted by molar-refractivity contribution is -0.139. The lowest BCUT2D eigenvalue weighted by atomic mass is 10.5. The van der Waals surface area contributed by atoms with E-state index in [1.165, 1.54) is 7.11 Å². The van der Waals surface area contributed by atoms with Gasteiger partial charge in [-0.25, -0.2) is 13.1 Å². The topological polar surface area (TPSA) is 81.7 Å². The molecule has 0 amide bonds. The first kappa shape index (κ1) is 14.3. The van der Waals surface area contributed by atoms with E-state index < -0.39 is 16.0 Å². The van der Waals surface area contributed by atoms with Crippen LogP contribution < -0.4 is 4.72 Å². The summed E-state index contributed by atoms with van der Waals surface area (Å²) in [5, 5.41) is 0. The number of hydrogen-bond acceptors (Lipinski definition) is 5. The maximum Gasteiger partial charge on any atom is 0.320 e. The minimum absolute atomic E-state index is 0.0131. The van der Waals surface area contributed by atoms with E-state index in [0.717, 1.165) is 0 Å². The summed E-state index contributed by atoms with van der Waals surface area (Å²) in [5.74, 6) is -0.786. The summed E-state index contributed by atoms with van der Waals surface area (Å²) in [6.07, 6.45) is -0.0131. The molecule has 1 N–H and O–H groups in total. The number of carbonyl (C=O) groups is 1. The van der Waals surface area contributed by atoms with Crippen LogP contribution in [0.3, 0.4) is 0 Å². The number of sulfonamides is 1. The van der Waals surface area contributed by atoms with Gasteiger partial charge in [-0.1, -0.05) is 0 Å². The molecular formula is C8H17NO5S.